The molecule has 0 fully saturated rings. The highest BCUT2D eigenvalue weighted by molar-refractivity contribution is 6.33. The van der Waals surface area contributed by atoms with Crippen molar-refractivity contribution in [3.05, 3.63) is 53.3 Å². The van der Waals surface area contributed by atoms with Crippen LogP contribution in [0, 0.1) is 0 Å². The summed E-state index contributed by atoms with van der Waals surface area (Å²) in [6.45, 7) is 0. The fourth-order valence-corrected chi connectivity index (χ4v) is 2.07. The zero-order valence-electron chi connectivity index (χ0n) is 12.4. The normalized spacial score (nSPS) is 10.6. The maximum atomic E-state index is 11.9. The summed E-state index contributed by atoms with van der Waals surface area (Å²) in [6, 6.07) is 6.95. The summed E-state index contributed by atoms with van der Waals surface area (Å²) < 4.78 is 9.30. The molecule has 2 aromatic rings. The number of ether oxygens (including phenoxy) is 2. The summed E-state index contributed by atoms with van der Waals surface area (Å²) in [5.74, 6) is -0.816. The molecule has 1 heterocycles. The van der Waals surface area contributed by atoms with Gasteiger partial charge in [0.2, 0.25) is 0 Å². The summed E-state index contributed by atoms with van der Waals surface area (Å²) >= 11 is 6.21. The van der Waals surface area contributed by atoms with Gasteiger partial charge >= 0.3 is 11.9 Å². The highest BCUT2D eigenvalue weighted by Crippen LogP contribution is 2.33. The molecule has 0 atom stereocenters. The lowest BCUT2D eigenvalue weighted by atomic mass is 10.2. The molecule has 0 saturated carbocycles. The van der Waals surface area contributed by atoms with Crippen LogP contribution in [-0.4, -0.2) is 36.4 Å². The average molecular weight is 336 g/mol. The predicted molar refractivity (Wildman–Crippen MR) is 84.7 cm³/mol. The second-order valence-corrected chi connectivity index (χ2v) is 4.69. The number of hydrogen-bond acceptors (Lipinski definition) is 6. The third-order valence-corrected chi connectivity index (χ3v) is 3.26. The van der Waals surface area contributed by atoms with Crippen molar-refractivity contribution < 1.29 is 19.1 Å². The van der Waals surface area contributed by atoms with Crippen molar-refractivity contribution in [1.29, 1.82) is 0 Å². The Balaban J connectivity index is 2.53. The molecule has 0 aliphatic heterocycles. The molecule has 0 radical (unpaired) electrons. The molecular weight excluding hydrogens is 322 g/mol. The first-order chi connectivity index (χ1) is 11.1. The van der Waals surface area contributed by atoms with Gasteiger partial charge in [-0.15, -0.1) is 0 Å². The number of methoxy groups -OCH3 is 2. The van der Waals surface area contributed by atoms with Gasteiger partial charge in [0.15, 0.2) is 0 Å². The molecule has 0 aliphatic rings. The van der Waals surface area contributed by atoms with Crippen LogP contribution >= 0.6 is 11.6 Å². The zero-order chi connectivity index (χ0) is 16.8. The van der Waals surface area contributed by atoms with Crippen molar-refractivity contribution in [2.24, 2.45) is 0 Å². The maximum Gasteiger partial charge on any atom is 0.343 e. The van der Waals surface area contributed by atoms with Crippen molar-refractivity contribution in [3.63, 3.8) is 0 Å². The monoisotopic (exact) mass is 335 g/mol. The van der Waals surface area contributed by atoms with Gasteiger partial charge in [0, 0.05) is 12.3 Å². The lowest BCUT2D eigenvalue weighted by molar-refractivity contribution is -0.134. The Kier molecular flexibility index (Phi) is 5.37. The largest absolute Gasteiger partial charge is 0.466 e. The predicted octanol–water partition coefficient (Wildman–Crippen LogP) is 2.67. The first kappa shape index (κ1) is 16.6. The molecule has 0 saturated heterocycles. The summed E-state index contributed by atoms with van der Waals surface area (Å²) in [5.41, 5.74) is 0.741. The number of carbonyl (C=O) groups excluding carboxylic acids is 2. The van der Waals surface area contributed by atoms with Gasteiger partial charge in [0.1, 0.15) is 11.4 Å². The summed E-state index contributed by atoms with van der Waals surface area (Å²) in [4.78, 5) is 24.8. The number of aromatic nitrogens is 2. The minimum atomic E-state index is -0.572. The van der Waals surface area contributed by atoms with E-state index in [0.717, 1.165) is 0 Å². The van der Waals surface area contributed by atoms with E-state index in [-0.39, 0.29) is 5.56 Å². The van der Waals surface area contributed by atoms with Crippen LogP contribution in [0.3, 0.4) is 0 Å². The molecule has 0 aliphatic carbocycles. The highest BCUT2D eigenvalue weighted by atomic mass is 35.5. The molecule has 120 valence electrons. The molecular formula is C15H14ClN3O4. The summed E-state index contributed by atoms with van der Waals surface area (Å²) in [6.07, 6.45) is 3.95. The number of halogens is 1. The van der Waals surface area contributed by atoms with E-state index in [2.05, 4.69) is 14.9 Å². The van der Waals surface area contributed by atoms with E-state index in [1.807, 2.05) is 0 Å². The van der Waals surface area contributed by atoms with Crippen LogP contribution in [-0.2, 0) is 14.3 Å². The number of hydrogen-bond donors (Lipinski definition) is 1. The van der Waals surface area contributed by atoms with Gasteiger partial charge < -0.3 is 9.47 Å². The van der Waals surface area contributed by atoms with E-state index in [4.69, 9.17) is 16.3 Å². The van der Waals surface area contributed by atoms with Gasteiger partial charge in [0.25, 0.3) is 0 Å². The zero-order valence-corrected chi connectivity index (χ0v) is 13.2. The number of carbonyl (C=O) groups is 2. The highest BCUT2D eigenvalue weighted by Gasteiger charge is 2.21. The van der Waals surface area contributed by atoms with Crippen molar-refractivity contribution in [1.82, 2.24) is 10.2 Å². The van der Waals surface area contributed by atoms with E-state index in [0.29, 0.717) is 16.5 Å². The van der Waals surface area contributed by atoms with Gasteiger partial charge in [-0.05, 0) is 12.1 Å². The van der Waals surface area contributed by atoms with Crippen LogP contribution in [0.2, 0.25) is 5.02 Å². The Hall–Kier alpha value is -2.80. The second-order valence-electron chi connectivity index (χ2n) is 4.28. The molecule has 0 spiro atoms. The van der Waals surface area contributed by atoms with Crippen LogP contribution in [0.25, 0.3) is 0 Å². The van der Waals surface area contributed by atoms with Crippen LogP contribution in [0.4, 0.5) is 11.5 Å². The van der Waals surface area contributed by atoms with E-state index in [9.17, 15) is 9.59 Å². The summed E-state index contributed by atoms with van der Waals surface area (Å²) in [5, 5.41) is 6.98. The number of para-hydroxylation sites is 1. The molecule has 7 nitrogen and oxygen atoms in total. The second kappa shape index (κ2) is 7.46. The third kappa shape index (κ3) is 3.70. The SMILES string of the molecule is COC(=O)C=CN(c1ccccc1Cl)c1[nH]ncc1C(=O)OC. The minimum Gasteiger partial charge on any atom is -0.466 e. The number of aromatic amines is 1. The first-order valence-corrected chi connectivity index (χ1v) is 6.88. The molecule has 8 heteroatoms. The molecule has 1 aromatic heterocycles. The Morgan fingerprint density at radius 3 is 2.65 bits per heavy atom. The molecule has 23 heavy (non-hydrogen) atoms. The molecule has 0 amide bonds. The van der Waals surface area contributed by atoms with Crippen LogP contribution < -0.4 is 4.90 Å². The van der Waals surface area contributed by atoms with Gasteiger partial charge in [-0.1, -0.05) is 23.7 Å². The van der Waals surface area contributed by atoms with E-state index < -0.39 is 11.9 Å². The Labute approximate surface area is 137 Å². The van der Waals surface area contributed by atoms with Gasteiger partial charge in [-0.2, -0.15) is 5.10 Å². The maximum absolute atomic E-state index is 11.9. The number of anilines is 2. The fraction of sp³-hybridized carbons (Fsp3) is 0.133. The van der Waals surface area contributed by atoms with Crippen LogP contribution in [0.1, 0.15) is 10.4 Å². The number of rotatable bonds is 5. The molecule has 2 rings (SSSR count). The van der Waals surface area contributed by atoms with E-state index >= 15 is 0 Å². The molecule has 1 N–H and O–H groups in total. The Morgan fingerprint density at radius 1 is 1.26 bits per heavy atom. The lowest BCUT2D eigenvalue weighted by Crippen LogP contribution is -2.15. The number of esters is 2. The Morgan fingerprint density at radius 2 is 2.00 bits per heavy atom. The van der Waals surface area contributed by atoms with Crippen molar-refractivity contribution in [2.45, 2.75) is 0 Å². The smallest absolute Gasteiger partial charge is 0.343 e. The minimum absolute atomic E-state index is 0.196. The molecule has 0 unspecified atom stereocenters. The quantitative estimate of drug-likeness (QED) is 0.668. The average Bonchev–Trinajstić information content (AvgIpc) is 3.05. The van der Waals surface area contributed by atoms with Crippen molar-refractivity contribution in [2.75, 3.05) is 19.1 Å². The fourth-order valence-electron chi connectivity index (χ4n) is 1.85. The third-order valence-electron chi connectivity index (χ3n) is 2.94. The number of nitrogens with zero attached hydrogens (tertiary/aromatic N) is 2. The topological polar surface area (TPSA) is 84.5 Å². The molecule has 1 aromatic carbocycles. The van der Waals surface area contributed by atoms with Crippen molar-refractivity contribution in [3.8, 4) is 0 Å². The number of benzene rings is 1. The van der Waals surface area contributed by atoms with Gasteiger partial charge in [-0.25, -0.2) is 9.59 Å². The van der Waals surface area contributed by atoms with E-state index in [1.54, 1.807) is 24.3 Å². The van der Waals surface area contributed by atoms with Crippen molar-refractivity contribution >= 4 is 35.0 Å². The van der Waals surface area contributed by atoms with E-state index in [1.165, 1.54) is 37.6 Å². The standard InChI is InChI=1S/C15H14ClN3O4/c1-22-13(20)7-8-19(12-6-4-3-5-11(12)16)14-10(9-17-18-14)15(21)23-2/h3-9H,1-2H3,(H,17,18). The van der Waals surface area contributed by atoms with Gasteiger partial charge in [-0.3, -0.25) is 10.00 Å². The lowest BCUT2D eigenvalue weighted by Gasteiger charge is -2.20. The van der Waals surface area contributed by atoms with Crippen LogP contribution in [0.5, 0.6) is 0 Å². The first-order valence-electron chi connectivity index (χ1n) is 6.50. The molecule has 0 bridgehead atoms. The van der Waals surface area contributed by atoms with Gasteiger partial charge in [0.05, 0.1) is 31.1 Å². The van der Waals surface area contributed by atoms with Crippen LogP contribution in [0.15, 0.2) is 42.7 Å². The Bertz CT molecular complexity index is 742. The summed E-state index contributed by atoms with van der Waals surface area (Å²) in [7, 11) is 2.53. The number of nitrogens with one attached hydrogen (secondary N) is 1. The number of H-pyrrole nitrogens is 1.